The highest BCUT2D eigenvalue weighted by Gasteiger charge is 2.39. The second-order valence-corrected chi connectivity index (χ2v) is 7.37. The SMILES string of the molecule is COc1cccc(CNC(=O)C[C@H]2c3ncccc3C(=O)N2c2ccc(Cl)cc2)c1. The number of nitrogens with one attached hydrogen (secondary N) is 1. The van der Waals surface area contributed by atoms with Gasteiger partial charge >= 0.3 is 0 Å². The Morgan fingerprint density at radius 2 is 1.97 bits per heavy atom. The van der Waals surface area contributed by atoms with E-state index in [9.17, 15) is 9.59 Å². The van der Waals surface area contributed by atoms with E-state index in [4.69, 9.17) is 16.3 Å². The summed E-state index contributed by atoms with van der Waals surface area (Å²) < 4.78 is 5.22. The molecule has 0 saturated heterocycles. The van der Waals surface area contributed by atoms with Crippen LogP contribution in [0.3, 0.4) is 0 Å². The number of amides is 2. The molecule has 3 aromatic rings. The van der Waals surface area contributed by atoms with Crippen LogP contribution in [0.1, 0.15) is 34.1 Å². The van der Waals surface area contributed by atoms with Gasteiger partial charge < -0.3 is 10.1 Å². The van der Waals surface area contributed by atoms with E-state index < -0.39 is 6.04 Å². The molecule has 7 heteroatoms. The minimum atomic E-state index is -0.486. The summed E-state index contributed by atoms with van der Waals surface area (Å²) in [6, 6.07) is 17.5. The molecule has 2 heterocycles. The van der Waals surface area contributed by atoms with Gasteiger partial charge in [0.15, 0.2) is 0 Å². The molecule has 1 atom stereocenters. The zero-order valence-corrected chi connectivity index (χ0v) is 17.1. The van der Waals surface area contributed by atoms with E-state index in [2.05, 4.69) is 10.3 Å². The van der Waals surface area contributed by atoms with Crippen molar-refractivity contribution in [3.63, 3.8) is 0 Å². The topological polar surface area (TPSA) is 71.5 Å². The first kappa shape index (κ1) is 19.9. The Morgan fingerprint density at radius 3 is 2.73 bits per heavy atom. The van der Waals surface area contributed by atoms with Crippen LogP contribution in [-0.4, -0.2) is 23.9 Å². The molecular formula is C23H20ClN3O3. The number of aromatic nitrogens is 1. The van der Waals surface area contributed by atoms with Gasteiger partial charge in [0.05, 0.1) is 30.8 Å². The number of carbonyl (C=O) groups excluding carboxylic acids is 2. The molecular weight excluding hydrogens is 402 g/mol. The van der Waals surface area contributed by atoms with Crippen LogP contribution in [0.15, 0.2) is 66.9 Å². The summed E-state index contributed by atoms with van der Waals surface area (Å²) in [6.07, 6.45) is 1.74. The van der Waals surface area contributed by atoms with Gasteiger partial charge in [-0.1, -0.05) is 23.7 Å². The largest absolute Gasteiger partial charge is 0.497 e. The fourth-order valence-electron chi connectivity index (χ4n) is 3.58. The van der Waals surface area contributed by atoms with Gasteiger partial charge in [-0.2, -0.15) is 0 Å². The van der Waals surface area contributed by atoms with Gasteiger partial charge in [-0.3, -0.25) is 19.5 Å². The molecule has 0 bridgehead atoms. The third-order valence-corrected chi connectivity index (χ3v) is 5.27. The Bertz CT molecular complexity index is 1090. The number of rotatable bonds is 6. The second kappa shape index (κ2) is 8.55. The number of pyridine rings is 1. The molecule has 0 saturated carbocycles. The number of hydrogen-bond acceptors (Lipinski definition) is 4. The number of halogens is 1. The van der Waals surface area contributed by atoms with E-state index in [1.54, 1.807) is 54.6 Å². The zero-order valence-electron chi connectivity index (χ0n) is 16.3. The number of anilines is 1. The number of carbonyl (C=O) groups is 2. The maximum atomic E-state index is 13.0. The fourth-order valence-corrected chi connectivity index (χ4v) is 3.70. The molecule has 1 aliphatic rings. The highest BCUT2D eigenvalue weighted by molar-refractivity contribution is 6.30. The molecule has 2 amide bonds. The molecule has 0 radical (unpaired) electrons. The molecule has 152 valence electrons. The lowest BCUT2D eigenvalue weighted by Crippen LogP contribution is -2.32. The van der Waals surface area contributed by atoms with Gasteiger partial charge in [-0.15, -0.1) is 0 Å². The number of methoxy groups -OCH3 is 1. The zero-order chi connectivity index (χ0) is 21.1. The Hall–Kier alpha value is -3.38. The van der Waals surface area contributed by atoms with E-state index in [1.807, 2.05) is 24.3 Å². The van der Waals surface area contributed by atoms with Crippen molar-refractivity contribution >= 4 is 29.1 Å². The van der Waals surface area contributed by atoms with E-state index >= 15 is 0 Å². The summed E-state index contributed by atoms with van der Waals surface area (Å²) in [6.45, 7) is 0.368. The third-order valence-electron chi connectivity index (χ3n) is 5.02. The minimum Gasteiger partial charge on any atom is -0.497 e. The monoisotopic (exact) mass is 421 g/mol. The van der Waals surface area contributed by atoms with Crippen LogP contribution in [-0.2, 0) is 11.3 Å². The average Bonchev–Trinajstić information content (AvgIpc) is 3.05. The van der Waals surface area contributed by atoms with Crippen LogP contribution < -0.4 is 15.0 Å². The predicted molar refractivity (Wildman–Crippen MR) is 115 cm³/mol. The molecule has 2 aromatic carbocycles. The van der Waals surface area contributed by atoms with Crippen molar-refractivity contribution in [2.24, 2.45) is 0 Å². The Kier molecular flexibility index (Phi) is 5.68. The highest BCUT2D eigenvalue weighted by Crippen LogP contribution is 2.38. The summed E-state index contributed by atoms with van der Waals surface area (Å²) >= 11 is 6.00. The van der Waals surface area contributed by atoms with E-state index in [0.717, 1.165) is 11.3 Å². The first-order chi connectivity index (χ1) is 14.6. The van der Waals surface area contributed by atoms with Crippen molar-refractivity contribution in [1.82, 2.24) is 10.3 Å². The number of hydrogen-bond donors (Lipinski definition) is 1. The molecule has 1 N–H and O–H groups in total. The summed E-state index contributed by atoms with van der Waals surface area (Å²) in [5, 5.41) is 3.50. The van der Waals surface area contributed by atoms with Crippen molar-refractivity contribution in [2.45, 2.75) is 19.0 Å². The predicted octanol–water partition coefficient (Wildman–Crippen LogP) is 4.15. The van der Waals surface area contributed by atoms with E-state index in [0.29, 0.717) is 28.5 Å². The summed E-state index contributed by atoms with van der Waals surface area (Å²) in [5.74, 6) is 0.384. The molecule has 0 aliphatic carbocycles. The maximum absolute atomic E-state index is 13.0. The maximum Gasteiger partial charge on any atom is 0.260 e. The number of nitrogens with zero attached hydrogens (tertiary/aromatic N) is 2. The van der Waals surface area contributed by atoms with Gasteiger partial charge in [-0.25, -0.2) is 0 Å². The Balaban J connectivity index is 1.54. The van der Waals surface area contributed by atoms with Crippen LogP contribution in [0, 0.1) is 0 Å². The van der Waals surface area contributed by atoms with Crippen molar-refractivity contribution in [3.8, 4) is 5.75 Å². The molecule has 0 spiro atoms. The standard InChI is InChI=1S/C23H20ClN3O3/c1-30-18-5-2-4-15(12-18)14-26-21(28)13-20-22-19(6-3-11-25-22)23(29)27(20)17-9-7-16(24)8-10-17/h2-12,20H,13-14H2,1H3,(H,26,28)/t20-/m0/s1. The smallest absolute Gasteiger partial charge is 0.260 e. The quantitative estimate of drug-likeness (QED) is 0.649. The molecule has 1 aromatic heterocycles. The van der Waals surface area contributed by atoms with Crippen molar-refractivity contribution in [1.29, 1.82) is 0 Å². The van der Waals surface area contributed by atoms with Crippen molar-refractivity contribution in [3.05, 3.63) is 88.7 Å². The summed E-state index contributed by atoms with van der Waals surface area (Å²) in [5.41, 5.74) is 2.72. The van der Waals surface area contributed by atoms with Crippen molar-refractivity contribution < 1.29 is 14.3 Å². The molecule has 0 unspecified atom stereocenters. The molecule has 0 fully saturated rings. The van der Waals surface area contributed by atoms with Gasteiger partial charge in [0.1, 0.15) is 5.75 Å². The minimum absolute atomic E-state index is 0.0996. The number of ether oxygens (including phenoxy) is 1. The highest BCUT2D eigenvalue weighted by atomic mass is 35.5. The normalized spacial score (nSPS) is 15.1. The molecule has 1 aliphatic heterocycles. The first-order valence-corrected chi connectivity index (χ1v) is 9.88. The van der Waals surface area contributed by atoms with Crippen LogP contribution in [0.4, 0.5) is 5.69 Å². The summed E-state index contributed by atoms with van der Waals surface area (Å²) in [4.78, 5) is 31.8. The summed E-state index contributed by atoms with van der Waals surface area (Å²) in [7, 11) is 1.60. The average molecular weight is 422 g/mol. The van der Waals surface area contributed by atoms with Gasteiger partial charge in [0, 0.05) is 23.5 Å². The third kappa shape index (κ3) is 4.00. The van der Waals surface area contributed by atoms with Crippen LogP contribution in [0.2, 0.25) is 5.02 Å². The molecule has 4 rings (SSSR count). The van der Waals surface area contributed by atoms with Crippen molar-refractivity contribution in [2.75, 3.05) is 12.0 Å². The lowest BCUT2D eigenvalue weighted by atomic mass is 10.1. The lowest BCUT2D eigenvalue weighted by Gasteiger charge is -2.24. The van der Waals surface area contributed by atoms with E-state index in [-0.39, 0.29) is 18.2 Å². The number of benzene rings is 2. The van der Waals surface area contributed by atoms with Gasteiger partial charge in [0.2, 0.25) is 5.91 Å². The lowest BCUT2D eigenvalue weighted by molar-refractivity contribution is -0.121. The fraction of sp³-hybridized carbons (Fsp3) is 0.174. The Morgan fingerprint density at radius 1 is 1.17 bits per heavy atom. The Labute approximate surface area is 179 Å². The molecule has 6 nitrogen and oxygen atoms in total. The second-order valence-electron chi connectivity index (χ2n) is 6.94. The van der Waals surface area contributed by atoms with Gasteiger partial charge in [-0.05, 0) is 54.1 Å². The molecule has 30 heavy (non-hydrogen) atoms. The van der Waals surface area contributed by atoms with E-state index in [1.165, 1.54) is 0 Å². The van der Waals surface area contributed by atoms with Gasteiger partial charge in [0.25, 0.3) is 5.91 Å². The number of fused-ring (bicyclic) bond motifs is 1. The first-order valence-electron chi connectivity index (χ1n) is 9.50. The van der Waals surface area contributed by atoms with Crippen LogP contribution in [0.25, 0.3) is 0 Å². The van der Waals surface area contributed by atoms with Crippen LogP contribution in [0.5, 0.6) is 5.75 Å². The van der Waals surface area contributed by atoms with Crippen LogP contribution >= 0.6 is 11.6 Å².